The van der Waals surface area contributed by atoms with E-state index in [1.165, 1.54) is 18.4 Å². The zero-order valence-electron chi connectivity index (χ0n) is 15.0. The van der Waals surface area contributed by atoms with Gasteiger partial charge in [-0.2, -0.15) is 5.26 Å². The number of esters is 1. The summed E-state index contributed by atoms with van der Waals surface area (Å²) in [6.45, 7) is 4.76. The number of carbonyl (C=O) groups excluding carboxylic acids is 1. The molecule has 7 heteroatoms. The van der Waals surface area contributed by atoms with Gasteiger partial charge in [-0.15, -0.1) is 11.3 Å². The molecule has 0 aliphatic heterocycles. The van der Waals surface area contributed by atoms with Crippen molar-refractivity contribution in [3.8, 4) is 17.5 Å². The van der Waals surface area contributed by atoms with Gasteiger partial charge in [0.2, 0.25) is 0 Å². The van der Waals surface area contributed by atoms with Crippen LogP contribution in [0, 0.1) is 18.3 Å². The summed E-state index contributed by atoms with van der Waals surface area (Å²) in [5, 5.41) is 10.3. The number of nitrogens with zero attached hydrogens (tertiary/aromatic N) is 4. The van der Waals surface area contributed by atoms with Gasteiger partial charge in [0.25, 0.3) is 0 Å². The third-order valence-corrected chi connectivity index (χ3v) is 5.36. The van der Waals surface area contributed by atoms with E-state index < -0.39 is 0 Å². The van der Waals surface area contributed by atoms with E-state index in [1.54, 1.807) is 24.3 Å². The lowest BCUT2D eigenvalue weighted by Crippen LogP contribution is -2.18. The van der Waals surface area contributed by atoms with Crippen LogP contribution >= 0.6 is 11.3 Å². The van der Waals surface area contributed by atoms with Crippen LogP contribution in [0.2, 0.25) is 0 Å². The van der Waals surface area contributed by atoms with Crippen molar-refractivity contribution in [3.63, 3.8) is 0 Å². The van der Waals surface area contributed by atoms with Crippen LogP contribution in [0.15, 0.2) is 24.3 Å². The van der Waals surface area contributed by atoms with Crippen LogP contribution in [0.4, 0.5) is 5.82 Å². The lowest BCUT2D eigenvalue weighted by Gasteiger charge is -2.18. The molecule has 0 fully saturated rings. The molecular weight excluding hydrogens is 348 g/mol. The number of hydrogen-bond donors (Lipinski definition) is 0. The molecule has 3 rings (SSSR count). The predicted molar refractivity (Wildman–Crippen MR) is 103 cm³/mol. The van der Waals surface area contributed by atoms with Crippen molar-refractivity contribution in [2.24, 2.45) is 0 Å². The lowest BCUT2D eigenvalue weighted by molar-refractivity contribution is 0.0601. The quantitative estimate of drug-likeness (QED) is 0.654. The molecule has 3 aromatic rings. The second-order valence-corrected chi connectivity index (χ2v) is 6.80. The Morgan fingerprint density at radius 2 is 2.00 bits per heavy atom. The highest BCUT2D eigenvalue weighted by molar-refractivity contribution is 7.19. The van der Waals surface area contributed by atoms with Crippen LogP contribution in [0.1, 0.15) is 27.7 Å². The summed E-state index contributed by atoms with van der Waals surface area (Å²) in [6.07, 6.45) is 0. The number of fused-ring (bicyclic) bond motifs is 1. The van der Waals surface area contributed by atoms with Gasteiger partial charge < -0.3 is 9.64 Å². The van der Waals surface area contributed by atoms with E-state index in [-0.39, 0.29) is 5.97 Å². The standard InChI is InChI=1S/C19H18N4O2S/c1-5-23(3)17-15-11(2)14(10-20)26-18(15)22-16(21-17)12-6-8-13(9-7-12)19(24)25-4/h6-9H,5H2,1-4H3. The Morgan fingerprint density at radius 1 is 1.31 bits per heavy atom. The van der Waals surface area contributed by atoms with E-state index in [1.807, 2.05) is 25.8 Å². The molecule has 1 aromatic carbocycles. The molecule has 0 aliphatic rings. The Balaban J connectivity index is 2.18. The van der Waals surface area contributed by atoms with Gasteiger partial charge in [0, 0.05) is 19.2 Å². The van der Waals surface area contributed by atoms with Gasteiger partial charge in [-0.25, -0.2) is 14.8 Å². The SMILES string of the molecule is CCN(C)c1nc(-c2ccc(C(=O)OC)cc2)nc2sc(C#N)c(C)c12. The van der Waals surface area contributed by atoms with Crippen molar-refractivity contribution in [2.75, 3.05) is 25.6 Å². The minimum Gasteiger partial charge on any atom is -0.465 e. The Morgan fingerprint density at radius 3 is 2.58 bits per heavy atom. The summed E-state index contributed by atoms with van der Waals surface area (Å²) >= 11 is 1.37. The number of thiophene rings is 1. The highest BCUT2D eigenvalue weighted by Gasteiger charge is 2.19. The number of nitriles is 1. The maximum Gasteiger partial charge on any atom is 0.337 e. The molecule has 0 atom stereocenters. The molecule has 0 bridgehead atoms. The van der Waals surface area contributed by atoms with Crippen LogP contribution in [0.25, 0.3) is 21.6 Å². The van der Waals surface area contributed by atoms with Gasteiger partial charge in [0.15, 0.2) is 5.82 Å². The van der Waals surface area contributed by atoms with Gasteiger partial charge in [-0.1, -0.05) is 12.1 Å². The minimum atomic E-state index is -0.383. The second-order valence-electron chi connectivity index (χ2n) is 5.80. The van der Waals surface area contributed by atoms with Crippen molar-refractivity contribution in [1.29, 1.82) is 5.26 Å². The molecule has 0 N–H and O–H groups in total. The topological polar surface area (TPSA) is 79.1 Å². The molecule has 132 valence electrons. The predicted octanol–water partition coefficient (Wildman–Crippen LogP) is 3.78. The molecule has 0 saturated heterocycles. The van der Waals surface area contributed by atoms with Gasteiger partial charge in [-0.05, 0) is 31.5 Å². The van der Waals surface area contributed by atoms with Crippen molar-refractivity contribution < 1.29 is 9.53 Å². The van der Waals surface area contributed by atoms with E-state index >= 15 is 0 Å². The van der Waals surface area contributed by atoms with E-state index in [2.05, 4.69) is 11.1 Å². The van der Waals surface area contributed by atoms with Crippen molar-refractivity contribution in [3.05, 3.63) is 40.3 Å². The number of benzene rings is 1. The number of methoxy groups -OCH3 is 1. The monoisotopic (exact) mass is 366 g/mol. The first-order valence-corrected chi connectivity index (χ1v) is 8.92. The number of rotatable bonds is 4. The fourth-order valence-electron chi connectivity index (χ4n) is 2.65. The van der Waals surface area contributed by atoms with E-state index in [0.29, 0.717) is 16.3 Å². The summed E-state index contributed by atoms with van der Waals surface area (Å²) in [5.74, 6) is 0.988. The van der Waals surface area contributed by atoms with E-state index in [0.717, 1.165) is 33.7 Å². The Hall–Kier alpha value is -2.98. The summed E-state index contributed by atoms with van der Waals surface area (Å²) in [5.41, 5.74) is 2.19. The third kappa shape index (κ3) is 3.00. The first-order chi connectivity index (χ1) is 12.5. The normalized spacial score (nSPS) is 10.6. The van der Waals surface area contributed by atoms with Crippen LogP contribution in [-0.2, 0) is 4.74 Å². The molecule has 0 spiro atoms. The zero-order valence-corrected chi connectivity index (χ0v) is 15.8. The van der Waals surface area contributed by atoms with Gasteiger partial charge in [0.1, 0.15) is 21.6 Å². The first-order valence-electron chi connectivity index (χ1n) is 8.11. The highest BCUT2D eigenvalue weighted by Crippen LogP contribution is 2.36. The molecule has 0 saturated carbocycles. The van der Waals surface area contributed by atoms with Crippen molar-refractivity contribution >= 4 is 33.3 Å². The molecule has 2 aromatic heterocycles. The van der Waals surface area contributed by atoms with E-state index in [4.69, 9.17) is 9.72 Å². The largest absolute Gasteiger partial charge is 0.465 e. The minimum absolute atomic E-state index is 0.383. The van der Waals surface area contributed by atoms with Gasteiger partial charge in [0.05, 0.1) is 18.1 Å². The third-order valence-electron chi connectivity index (χ3n) is 4.27. The van der Waals surface area contributed by atoms with Crippen molar-refractivity contribution in [1.82, 2.24) is 9.97 Å². The zero-order chi connectivity index (χ0) is 18.8. The number of hydrogen-bond acceptors (Lipinski definition) is 7. The average molecular weight is 366 g/mol. The van der Waals surface area contributed by atoms with Crippen LogP contribution in [0.5, 0.6) is 0 Å². The maximum absolute atomic E-state index is 11.6. The molecule has 0 aliphatic carbocycles. The number of aryl methyl sites for hydroxylation is 1. The van der Waals surface area contributed by atoms with Gasteiger partial charge >= 0.3 is 5.97 Å². The fraction of sp³-hybridized carbons (Fsp3) is 0.263. The molecular formula is C19H18N4O2S. The summed E-state index contributed by atoms with van der Waals surface area (Å²) < 4.78 is 4.73. The average Bonchev–Trinajstić information content (AvgIpc) is 3.01. The number of anilines is 1. The molecule has 0 amide bonds. The molecule has 0 unspecified atom stereocenters. The van der Waals surface area contributed by atoms with Crippen LogP contribution in [-0.4, -0.2) is 36.6 Å². The molecule has 0 radical (unpaired) electrons. The fourth-order valence-corrected chi connectivity index (χ4v) is 3.63. The first kappa shape index (κ1) is 17.8. The lowest BCUT2D eigenvalue weighted by atomic mass is 10.1. The Labute approximate surface area is 155 Å². The summed E-state index contributed by atoms with van der Waals surface area (Å²) in [6, 6.07) is 9.22. The summed E-state index contributed by atoms with van der Waals surface area (Å²) in [7, 11) is 3.32. The van der Waals surface area contributed by atoms with Crippen LogP contribution < -0.4 is 4.90 Å². The highest BCUT2D eigenvalue weighted by atomic mass is 32.1. The smallest absolute Gasteiger partial charge is 0.337 e. The second kappa shape index (κ2) is 7.10. The van der Waals surface area contributed by atoms with Crippen LogP contribution in [0.3, 0.4) is 0 Å². The number of aromatic nitrogens is 2. The van der Waals surface area contributed by atoms with E-state index in [9.17, 15) is 10.1 Å². The number of ether oxygens (including phenoxy) is 1. The molecule has 6 nitrogen and oxygen atoms in total. The summed E-state index contributed by atoms with van der Waals surface area (Å²) in [4.78, 5) is 24.5. The van der Waals surface area contributed by atoms with Gasteiger partial charge in [-0.3, -0.25) is 0 Å². The number of carbonyl (C=O) groups is 1. The molecule has 26 heavy (non-hydrogen) atoms. The van der Waals surface area contributed by atoms with Crippen molar-refractivity contribution in [2.45, 2.75) is 13.8 Å². The maximum atomic E-state index is 11.6. The Kier molecular flexibility index (Phi) is 4.87. The Bertz CT molecular complexity index is 1020. The molecule has 2 heterocycles.